The minimum absolute atomic E-state index is 0.00150. The molecule has 0 amide bonds. The molecule has 57 heavy (non-hydrogen) atoms. The van der Waals surface area contributed by atoms with Crippen molar-refractivity contribution in [2.45, 2.75) is 72.5 Å². The first-order valence-electron chi connectivity index (χ1n) is 17.8. The van der Waals surface area contributed by atoms with Crippen molar-refractivity contribution < 1.29 is 56.5 Å². The average Bonchev–Trinajstić information content (AvgIpc) is 3.44. The monoisotopic (exact) mass is 859 g/mol. The molecule has 0 spiro atoms. The number of benzene rings is 4. The molecule has 0 saturated heterocycles. The van der Waals surface area contributed by atoms with Crippen LogP contribution in [0.3, 0.4) is 0 Å². The van der Waals surface area contributed by atoms with Crippen LogP contribution in [0, 0.1) is 0 Å². The smallest absolute Gasteiger partial charge is 0.295 e. The number of fused-ring (bicyclic) bond motifs is 6. The van der Waals surface area contributed by atoms with Gasteiger partial charge >= 0.3 is 0 Å². The Hall–Kier alpha value is -4.27. The highest BCUT2D eigenvalue weighted by Gasteiger charge is 2.46. The van der Waals surface area contributed by atoms with Crippen LogP contribution >= 0.6 is 0 Å². The number of hydrogen-bond donors (Lipinski definition) is 4. The van der Waals surface area contributed by atoms with Gasteiger partial charge < -0.3 is 4.90 Å². The van der Waals surface area contributed by atoms with Crippen molar-refractivity contribution in [2.24, 2.45) is 0 Å². The summed E-state index contributed by atoms with van der Waals surface area (Å²) in [6, 6.07) is 13.2. The summed E-state index contributed by atoms with van der Waals surface area (Å²) in [6.07, 6.45) is 10.2. The minimum Gasteiger partial charge on any atom is -0.344 e. The van der Waals surface area contributed by atoms with Crippen molar-refractivity contribution in [1.82, 2.24) is 0 Å². The third kappa shape index (κ3) is 7.84. The highest BCUT2D eigenvalue weighted by Crippen LogP contribution is 2.54. The molecule has 0 fully saturated rings. The molecule has 2 heterocycles. The summed E-state index contributed by atoms with van der Waals surface area (Å²) in [6.45, 7) is 7.95. The highest BCUT2D eigenvalue weighted by atomic mass is 32.2. The molecule has 0 bridgehead atoms. The molecule has 4 aromatic rings. The molecule has 4 aromatic carbocycles. The molecule has 1 atom stereocenters. The zero-order chi connectivity index (χ0) is 42.1. The second kappa shape index (κ2) is 14.5. The van der Waals surface area contributed by atoms with E-state index in [2.05, 4.69) is 0 Å². The molecular formula is C39H43N2O12S4+. The Morgan fingerprint density at radius 1 is 0.719 bits per heavy atom. The Labute approximate surface area is 332 Å². The van der Waals surface area contributed by atoms with Gasteiger partial charge in [-0.1, -0.05) is 43.7 Å². The first-order valence-corrected chi connectivity index (χ1v) is 23.7. The van der Waals surface area contributed by atoms with Crippen LogP contribution in [-0.4, -0.2) is 81.5 Å². The molecule has 0 radical (unpaired) electrons. The molecule has 1 unspecified atom stereocenters. The van der Waals surface area contributed by atoms with Gasteiger partial charge in [0.1, 0.15) is 11.9 Å². The Morgan fingerprint density at radius 3 is 1.98 bits per heavy atom. The summed E-state index contributed by atoms with van der Waals surface area (Å²) in [7, 11) is -16.8. The van der Waals surface area contributed by atoms with E-state index in [0.29, 0.717) is 41.2 Å². The topological polar surface area (TPSA) is 224 Å². The van der Waals surface area contributed by atoms with Crippen LogP contribution in [0.25, 0.3) is 21.5 Å². The summed E-state index contributed by atoms with van der Waals surface area (Å²) in [4.78, 5) is 0.188. The van der Waals surface area contributed by atoms with Crippen LogP contribution in [0.15, 0.2) is 105 Å². The van der Waals surface area contributed by atoms with Gasteiger partial charge in [0, 0.05) is 46.4 Å². The van der Waals surface area contributed by atoms with E-state index in [1.165, 1.54) is 18.2 Å². The van der Waals surface area contributed by atoms with Crippen molar-refractivity contribution in [1.29, 1.82) is 0 Å². The van der Waals surface area contributed by atoms with Gasteiger partial charge in [-0.05, 0) is 97.8 Å². The maximum Gasteiger partial charge on any atom is 0.295 e. The molecule has 4 N–H and O–H groups in total. The van der Waals surface area contributed by atoms with Crippen molar-refractivity contribution in [3.63, 3.8) is 0 Å². The molecule has 0 aromatic heterocycles. The number of anilines is 1. The quantitative estimate of drug-likeness (QED) is 0.0671. The van der Waals surface area contributed by atoms with E-state index in [1.807, 2.05) is 74.6 Å². The fourth-order valence-electron chi connectivity index (χ4n) is 8.50. The lowest BCUT2D eigenvalue weighted by molar-refractivity contribution is -0.401. The first kappa shape index (κ1) is 42.3. The average molecular weight is 860 g/mol. The van der Waals surface area contributed by atoms with Gasteiger partial charge in [-0.15, -0.1) is 0 Å². The van der Waals surface area contributed by atoms with Gasteiger partial charge in [0.25, 0.3) is 40.5 Å². The lowest BCUT2D eigenvalue weighted by Crippen LogP contribution is -2.30. The van der Waals surface area contributed by atoms with E-state index in [0.717, 1.165) is 28.4 Å². The predicted octanol–water partition coefficient (Wildman–Crippen LogP) is 6.59. The molecule has 2 aliphatic heterocycles. The predicted molar refractivity (Wildman–Crippen MR) is 218 cm³/mol. The van der Waals surface area contributed by atoms with Crippen molar-refractivity contribution in [3.8, 4) is 0 Å². The van der Waals surface area contributed by atoms with Crippen LogP contribution < -0.4 is 4.90 Å². The van der Waals surface area contributed by atoms with Crippen molar-refractivity contribution in [2.75, 3.05) is 24.2 Å². The molecule has 18 heteroatoms. The molecule has 14 nitrogen and oxygen atoms in total. The van der Waals surface area contributed by atoms with E-state index < -0.39 is 66.8 Å². The zero-order valence-electron chi connectivity index (χ0n) is 31.7. The van der Waals surface area contributed by atoms with Crippen LogP contribution in [0.2, 0.25) is 0 Å². The molecule has 6 rings (SSSR count). The summed E-state index contributed by atoms with van der Waals surface area (Å²) < 4.78 is 139. The normalized spacial score (nSPS) is 19.5. The fraction of sp³-hybridized carbons (Fsp3) is 0.308. The van der Waals surface area contributed by atoms with Gasteiger partial charge in [-0.25, -0.2) is 0 Å². The highest BCUT2D eigenvalue weighted by molar-refractivity contribution is 7.87. The third-order valence-electron chi connectivity index (χ3n) is 10.8. The second-order valence-corrected chi connectivity index (χ2v) is 20.8. The molecule has 0 aliphatic carbocycles. The zero-order valence-corrected chi connectivity index (χ0v) is 35.0. The second-order valence-electron chi connectivity index (χ2n) is 15.0. The first-order chi connectivity index (χ1) is 26.3. The summed E-state index contributed by atoms with van der Waals surface area (Å²) >= 11 is 0. The van der Waals surface area contributed by atoms with E-state index >= 15 is 0 Å². The Morgan fingerprint density at radius 2 is 1.37 bits per heavy atom. The maximum absolute atomic E-state index is 12.5. The number of hydrogen-bond acceptors (Lipinski definition) is 9. The van der Waals surface area contributed by atoms with E-state index in [4.69, 9.17) is 0 Å². The summed E-state index contributed by atoms with van der Waals surface area (Å²) in [5.74, 6) is -0.542. The number of nitrogens with zero attached hydrogens (tertiary/aromatic N) is 2. The van der Waals surface area contributed by atoms with Gasteiger partial charge in [-0.2, -0.15) is 38.2 Å². The Balaban J connectivity index is 1.46. The molecule has 0 saturated carbocycles. The fourth-order valence-corrected chi connectivity index (χ4v) is 10.8. The minimum atomic E-state index is -4.97. The SMILES string of the molecule is CCCC1(C)\C(=C/C=C/C=C/C2=[N+](C)c3ccc4ccc(S(=O)(=O)O)cc4c3C2(C)C)N(CCCS(=O)(=O)O)c2ccc3c(S(=O)(=O)O)cc(S(=O)(=O)O)cc3c21. The standard InChI is InChI=1S/C39H42N2O12S4/c1-6-19-39(4)35(12-9-7-8-11-34-38(2,3)36-29-22-26(55(45,46)47)15-13-25(29)14-17-31(36)40(34)5)41(20-10-21-54(42,43)44)32-18-16-28-30(37(32)39)23-27(56(48,49)50)24-33(28)57(51,52)53/h7-9,11-18,22-24H,6,10,19-21H2,1-5H3,(H3-,42,43,44,45,46,47,48,49,50,51,52,53)/p+1. The van der Waals surface area contributed by atoms with Crippen LogP contribution in [0.1, 0.15) is 58.1 Å². The number of rotatable bonds is 12. The van der Waals surface area contributed by atoms with E-state index in [1.54, 1.807) is 24.3 Å². The van der Waals surface area contributed by atoms with E-state index in [-0.39, 0.29) is 28.6 Å². The van der Waals surface area contributed by atoms with E-state index in [9.17, 15) is 51.9 Å². The lowest BCUT2D eigenvalue weighted by Gasteiger charge is -2.30. The Kier molecular flexibility index (Phi) is 10.8. The van der Waals surface area contributed by atoms with Gasteiger partial charge in [-0.3, -0.25) is 18.2 Å². The third-order valence-corrected chi connectivity index (χ3v) is 14.2. The number of allylic oxidation sites excluding steroid dienone is 6. The van der Waals surface area contributed by atoms with Crippen LogP contribution in [0.4, 0.5) is 11.4 Å². The van der Waals surface area contributed by atoms with Crippen LogP contribution in [0.5, 0.6) is 0 Å². The molecule has 2 aliphatic rings. The van der Waals surface area contributed by atoms with Crippen LogP contribution in [-0.2, 0) is 51.3 Å². The summed E-state index contributed by atoms with van der Waals surface area (Å²) in [5, 5.41) is 1.67. The van der Waals surface area contributed by atoms with Gasteiger partial charge in [0.15, 0.2) is 5.71 Å². The molecular weight excluding hydrogens is 817 g/mol. The molecule has 304 valence electrons. The van der Waals surface area contributed by atoms with Crippen molar-refractivity contribution in [3.05, 3.63) is 102 Å². The van der Waals surface area contributed by atoms with Gasteiger partial charge in [0.05, 0.1) is 21.0 Å². The summed E-state index contributed by atoms with van der Waals surface area (Å²) in [5.41, 5.74) is 2.81. The largest absolute Gasteiger partial charge is 0.344 e. The maximum atomic E-state index is 12.5. The van der Waals surface area contributed by atoms with Gasteiger partial charge in [0.2, 0.25) is 5.69 Å². The lowest BCUT2D eigenvalue weighted by atomic mass is 9.76. The Bertz CT molecular complexity index is 2950. The van der Waals surface area contributed by atoms with Crippen molar-refractivity contribution >= 4 is 79.1 Å².